The summed E-state index contributed by atoms with van der Waals surface area (Å²) in [7, 11) is 1.63. The van der Waals surface area contributed by atoms with Crippen LogP contribution >= 0.6 is 0 Å². The Hall–Kier alpha value is -2.57. The summed E-state index contributed by atoms with van der Waals surface area (Å²) in [6.45, 7) is 2.15. The van der Waals surface area contributed by atoms with Crippen molar-refractivity contribution in [3.63, 3.8) is 0 Å². The summed E-state index contributed by atoms with van der Waals surface area (Å²) in [4.78, 5) is 39.6. The predicted molar refractivity (Wildman–Crippen MR) is 95.6 cm³/mol. The Morgan fingerprint density at radius 2 is 1.77 bits per heavy atom. The highest BCUT2D eigenvalue weighted by Crippen LogP contribution is 2.15. The van der Waals surface area contributed by atoms with E-state index in [-0.39, 0.29) is 23.8 Å². The van der Waals surface area contributed by atoms with Gasteiger partial charge in [0, 0.05) is 39.0 Å². The molecule has 0 spiro atoms. The van der Waals surface area contributed by atoms with Gasteiger partial charge in [0.15, 0.2) is 0 Å². The summed E-state index contributed by atoms with van der Waals surface area (Å²) in [6, 6.07) is 7.34. The molecule has 2 saturated heterocycles. The standard InChI is InChI=1S/C19H25N3O4/c1-26-15-5-2-14(3-6-15)4-9-18(24)21-10-12-22(13-11-21)19(25)16-7-8-17(23)20-16/h2-3,5-6,16H,4,7-13H2,1H3,(H,20,23). The zero-order valence-corrected chi connectivity index (χ0v) is 15.1. The number of amides is 3. The number of nitrogens with zero attached hydrogens (tertiary/aromatic N) is 2. The van der Waals surface area contributed by atoms with Gasteiger partial charge in [0.25, 0.3) is 0 Å². The maximum absolute atomic E-state index is 12.4. The van der Waals surface area contributed by atoms with Crippen molar-refractivity contribution in [1.82, 2.24) is 15.1 Å². The van der Waals surface area contributed by atoms with E-state index in [2.05, 4.69) is 5.32 Å². The van der Waals surface area contributed by atoms with Crippen LogP contribution in [0.4, 0.5) is 0 Å². The van der Waals surface area contributed by atoms with Crippen molar-refractivity contribution in [3.05, 3.63) is 29.8 Å². The topological polar surface area (TPSA) is 79.0 Å². The SMILES string of the molecule is COc1ccc(CCC(=O)N2CCN(C(=O)C3CCC(=O)N3)CC2)cc1. The van der Waals surface area contributed by atoms with E-state index in [9.17, 15) is 14.4 Å². The Labute approximate surface area is 153 Å². The van der Waals surface area contributed by atoms with Crippen molar-refractivity contribution >= 4 is 17.7 Å². The molecule has 2 heterocycles. The second kappa shape index (κ2) is 8.21. The number of hydrogen-bond acceptors (Lipinski definition) is 4. The molecule has 3 amide bonds. The largest absolute Gasteiger partial charge is 0.497 e. The van der Waals surface area contributed by atoms with Crippen LogP contribution in [0.3, 0.4) is 0 Å². The van der Waals surface area contributed by atoms with E-state index in [0.29, 0.717) is 51.9 Å². The Morgan fingerprint density at radius 3 is 2.35 bits per heavy atom. The van der Waals surface area contributed by atoms with Crippen LogP contribution in [0.5, 0.6) is 5.75 Å². The van der Waals surface area contributed by atoms with E-state index >= 15 is 0 Å². The fourth-order valence-corrected chi connectivity index (χ4v) is 3.40. The second-order valence-corrected chi connectivity index (χ2v) is 6.71. The number of carbonyl (C=O) groups is 3. The molecule has 7 heteroatoms. The van der Waals surface area contributed by atoms with Gasteiger partial charge < -0.3 is 19.9 Å². The molecule has 140 valence electrons. The number of nitrogens with one attached hydrogen (secondary N) is 1. The summed E-state index contributed by atoms with van der Waals surface area (Å²) in [6.07, 6.45) is 2.13. The molecule has 2 fully saturated rings. The lowest BCUT2D eigenvalue weighted by Gasteiger charge is -2.36. The van der Waals surface area contributed by atoms with E-state index in [1.807, 2.05) is 29.2 Å². The zero-order chi connectivity index (χ0) is 18.5. The van der Waals surface area contributed by atoms with Crippen LogP contribution in [0.2, 0.25) is 0 Å². The normalized spacial score (nSPS) is 20.0. The molecule has 0 aliphatic carbocycles. The molecule has 7 nitrogen and oxygen atoms in total. The molecule has 2 aliphatic rings. The maximum atomic E-state index is 12.4. The summed E-state index contributed by atoms with van der Waals surface area (Å²) in [5.41, 5.74) is 1.10. The molecule has 0 bridgehead atoms. The van der Waals surface area contributed by atoms with Crippen molar-refractivity contribution in [2.75, 3.05) is 33.3 Å². The lowest BCUT2D eigenvalue weighted by molar-refractivity contribution is -0.140. The molecule has 0 aromatic heterocycles. The number of hydrogen-bond donors (Lipinski definition) is 1. The van der Waals surface area contributed by atoms with Crippen LogP contribution in [-0.4, -0.2) is 66.9 Å². The summed E-state index contributed by atoms with van der Waals surface area (Å²) in [5.74, 6) is 0.832. The number of benzene rings is 1. The maximum Gasteiger partial charge on any atom is 0.245 e. The van der Waals surface area contributed by atoms with Crippen LogP contribution < -0.4 is 10.1 Å². The second-order valence-electron chi connectivity index (χ2n) is 6.71. The fraction of sp³-hybridized carbons (Fsp3) is 0.526. The number of piperazine rings is 1. The molecule has 3 rings (SSSR count). The minimum absolute atomic E-state index is 0.0267. The summed E-state index contributed by atoms with van der Waals surface area (Å²) >= 11 is 0. The Morgan fingerprint density at radius 1 is 1.12 bits per heavy atom. The highest BCUT2D eigenvalue weighted by molar-refractivity contribution is 5.91. The minimum atomic E-state index is -0.389. The molecule has 1 atom stereocenters. The van der Waals surface area contributed by atoms with Crippen molar-refractivity contribution < 1.29 is 19.1 Å². The van der Waals surface area contributed by atoms with Crippen LogP contribution in [-0.2, 0) is 20.8 Å². The van der Waals surface area contributed by atoms with Gasteiger partial charge >= 0.3 is 0 Å². The van der Waals surface area contributed by atoms with Gasteiger partial charge in [-0.1, -0.05) is 12.1 Å². The summed E-state index contributed by atoms with van der Waals surface area (Å²) in [5, 5.41) is 2.71. The van der Waals surface area contributed by atoms with Crippen LogP contribution in [0.1, 0.15) is 24.8 Å². The first-order valence-electron chi connectivity index (χ1n) is 9.05. The highest BCUT2D eigenvalue weighted by Gasteiger charge is 2.32. The van der Waals surface area contributed by atoms with Gasteiger partial charge in [-0.05, 0) is 30.5 Å². The van der Waals surface area contributed by atoms with Crippen LogP contribution in [0, 0.1) is 0 Å². The van der Waals surface area contributed by atoms with Crippen molar-refractivity contribution in [2.45, 2.75) is 31.7 Å². The highest BCUT2D eigenvalue weighted by atomic mass is 16.5. The van der Waals surface area contributed by atoms with Gasteiger partial charge in [-0.15, -0.1) is 0 Å². The lowest BCUT2D eigenvalue weighted by atomic mass is 10.1. The molecular weight excluding hydrogens is 334 g/mol. The fourth-order valence-electron chi connectivity index (χ4n) is 3.40. The van der Waals surface area contributed by atoms with Crippen molar-refractivity contribution in [3.8, 4) is 5.75 Å². The first-order chi connectivity index (χ1) is 12.6. The summed E-state index contributed by atoms with van der Waals surface area (Å²) < 4.78 is 5.13. The van der Waals surface area contributed by atoms with Gasteiger partial charge in [0.05, 0.1) is 7.11 Å². The van der Waals surface area contributed by atoms with Crippen molar-refractivity contribution in [2.24, 2.45) is 0 Å². The number of ether oxygens (including phenoxy) is 1. The average molecular weight is 359 g/mol. The van der Waals surface area contributed by atoms with Crippen LogP contribution in [0.15, 0.2) is 24.3 Å². The zero-order valence-electron chi connectivity index (χ0n) is 15.1. The van der Waals surface area contributed by atoms with Gasteiger partial charge in [0.1, 0.15) is 11.8 Å². The third-order valence-corrected chi connectivity index (χ3v) is 5.02. The average Bonchev–Trinajstić information content (AvgIpc) is 3.12. The van der Waals surface area contributed by atoms with Gasteiger partial charge in [-0.25, -0.2) is 0 Å². The number of aryl methyl sites for hydroxylation is 1. The molecule has 26 heavy (non-hydrogen) atoms. The Balaban J connectivity index is 1.43. The molecule has 0 radical (unpaired) electrons. The molecular formula is C19H25N3O4. The van der Waals surface area contributed by atoms with E-state index in [1.54, 1.807) is 12.0 Å². The third-order valence-electron chi connectivity index (χ3n) is 5.02. The predicted octanol–water partition coefficient (Wildman–Crippen LogP) is 0.577. The molecule has 0 saturated carbocycles. The monoisotopic (exact) mass is 359 g/mol. The van der Waals surface area contributed by atoms with E-state index in [1.165, 1.54) is 0 Å². The molecule has 1 N–H and O–H groups in total. The molecule has 1 aromatic rings. The first-order valence-corrected chi connectivity index (χ1v) is 9.05. The number of carbonyl (C=O) groups excluding carboxylic acids is 3. The smallest absolute Gasteiger partial charge is 0.245 e. The molecule has 1 aromatic carbocycles. The number of rotatable bonds is 5. The minimum Gasteiger partial charge on any atom is -0.497 e. The number of methoxy groups -OCH3 is 1. The van der Waals surface area contributed by atoms with Crippen molar-refractivity contribution in [1.29, 1.82) is 0 Å². The quantitative estimate of drug-likeness (QED) is 0.834. The lowest BCUT2D eigenvalue weighted by Crippen LogP contribution is -2.54. The van der Waals surface area contributed by atoms with E-state index in [4.69, 9.17) is 4.74 Å². The first kappa shape index (κ1) is 18.2. The van der Waals surface area contributed by atoms with E-state index < -0.39 is 0 Å². The van der Waals surface area contributed by atoms with Gasteiger partial charge in [0.2, 0.25) is 17.7 Å². The molecule has 2 aliphatic heterocycles. The van der Waals surface area contributed by atoms with Gasteiger partial charge in [-0.2, -0.15) is 0 Å². The van der Waals surface area contributed by atoms with Crippen LogP contribution in [0.25, 0.3) is 0 Å². The van der Waals surface area contributed by atoms with Gasteiger partial charge in [-0.3, -0.25) is 14.4 Å². The van der Waals surface area contributed by atoms with E-state index in [0.717, 1.165) is 11.3 Å². The molecule has 1 unspecified atom stereocenters. The third kappa shape index (κ3) is 4.33. The Kier molecular flexibility index (Phi) is 5.75. The Bertz CT molecular complexity index is 666.